The fraction of sp³-hybridized carbons (Fsp3) is 0.250. The lowest BCUT2D eigenvalue weighted by atomic mass is 9.95. The molecule has 1 N–H and O–H groups in total. The van der Waals surface area contributed by atoms with Crippen molar-refractivity contribution in [3.63, 3.8) is 0 Å². The number of rotatable bonds is 1. The molecule has 0 saturated heterocycles. The highest BCUT2D eigenvalue weighted by atomic mass is 16.7. The molecule has 0 spiro atoms. The Labute approximate surface area is 145 Å². The van der Waals surface area contributed by atoms with Crippen molar-refractivity contribution in [2.75, 3.05) is 20.4 Å². The first-order valence-corrected chi connectivity index (χ1v) is 8.38. The number of methoxy groups -OCH3 is 1. The molecule has 0 unspecified atom stereocenters. The van der Waals surface area contributed by atoms with E-state index < -0.39 is 0 Å². The van der Waals surface area contributed by atoms with Crippen LogP contribution in [-0.2, 0) is 12.8 Å². The summed E-state index contributed by atoms with van der Waals surface area (Å²) in [5, 5.41) is 10.5. The molecule has 2 aromatic carbocycles. The van der Waals surface area contributed by atoms with Gasteiger partial charge in [0.2, 0.25) is 12.5 Å². The molecule has 0 aliphatic carbocycles. The SMILES string of the molecule is COc1ccc2c(c1O)CC=[N+]1CCc3cc4c(cc3C1=C2)OCO4. The van der Waals surface area contributed by atoms with E-state index in [2.05, 4.69) is 29.0 Å². The van der Waals surface area contributed by atoms with Gasteiger partial charge in [-0.15, -0.1) is 0 Å². The van der Waals surface area contributed by atoms with Crippen molar-refractivity contribution in [1.82, 2.24) is 0 Å². The number of phenols is 1. The normalized spacial score (nSPS) is 16.8. The predicted molar refractivity (Wildman–Crippen MR) is 93.7 cm³/mol. The minimum absolute atomic E-state index is 0.221. The molecule has 5 nitrogen and oxygen atoms in total. The van der Waals surface area contributed by atoms with Gasteiger partial charge in [0.25, 0.3) is 0 Å². The van der Waals surface area contributed by atoms with Gasteiger partial charge in [0.05, 0.1) is 19.1 Å². The molecule has 0 aromatic heterocycles. The fourth-order valence-corrected chi connectivity index (χ4v) is 3.79. The number of hydrogen-bond acceptors (Lipinski definition) is 4. The number of nitrogens with zero attached hydrogens (tertiary/aromatic N) is 1. The maximum absolute atomic E-state index is 10.5. The van der Waals surface area contributed by atoms with Crippen LogP contribution in [0.15, 0.2) is 24.3 Å². The van der Waals surface area contributed by atoms with Crippen LogP contribution in [0.25, 0.3) is 11.8 Å². The minimum Gasteiger partial charge on any atom is -0.504 e. The minimum atomic E-state index is 0.221. The van der Waals surface area contributed by atoms with Crippen molar-refractivity contribution in [1.29, 1.82) is 0 Å². The Balaban J connectivity index is 1.70. The fourth-order valence-electron chi connectivity index (χ4n) is 3.79. The van der Waals surface area contributed by atoms with Crippen LogP contribution in [-0.4, -0.2) is 36.3 Å². The van der Waals surface area contributed by atoms with Crippen LogP contribution in [0.2, 0.25) is 0 Å². The third kappa shape index (κ3) is 2.12. The highest BCUT2D eigenvalue weighted by Crippen LogP contribution is 2.41. The molecule has 0 atom stereocenters. The zero-order valence-electron chi connectivity index (χ0n) is 13.9. The van der Waals surface area contributed by atoms with Gasteiger partial charge in [0, 0.05) is 18.1 Å². The Morgan fingerprint density at radius 3 is 2.84 bits per heavy atom. The molecule has 3 aliphatic heterocycles. The third-order valence-corrected chi connectivity index (χ3v) is 5.12. The lowest BCUT2D eigenvalue weighted by Crippen LogP contribution is -2.21. The largest absolute Gasteiger partial charge is 0.504 e. The third-order valence-electron chi connectivity index (χ3n) is 5.12. The van der Waals surface area contributed by atoms with Crippen molar-refractivity contribution >= 4 is 18.0 Å². The molecule has 0 bridgehead atoms. The second kappa shape index (κ2) is 5.28. The van der Waals surface area contributed by atoms with Crippen molar-refractivity contribution in [2.45, 2.75) is 12.8 Å². The molecule has 0 fully saturated rings. The van der Waals surface area contributed by atoms with Crippen molar-refractivity contribution in [2.24, 2.45) is 0 Å². The molecule has 3 aliphatic rings. The number of ether oxygens (including phenoxy) is 3. The average Bonchev–Trinajstić information content (AvgIpc) is 2.99. The van der Waals surface area contributed by atoms with E-state index >= 15 is 0 Å². The first-order valence-electron chi connectivity index (χ1n) is 8.38. The van der Waals surface area contributed by atoms with E-state index in [1.165, 1.54) is 5.56 Å². The van der Waals surface area contributed by atoms with E-state index in [1.807, 2.05) is 12.1 Å². The molecule has 0 amide bonds. The lowest BCUT2D eigenvalue weighted by molar-refractivity contribution is -0.429. The number of hydrogen-bond donors (Lipinski definition) is 1. The van der Waals surface area contributed by atoms with Crippen LogP contribution in [0, 0.1) is 0 Å². The van der Waals surface area contributed by atoms with Crippen molar-refractivity contribution < 1.29 is 23.9 Å². The zero-order valence-corrected chi connectivity index (χ0v) is 13.9. The van der Waals surface area contributed by atoms with Crippen LogP contribution in [0.5, 0.6) is 23.0 Å². The summed E-state index contributed by atoms with van der Waals surface area (Å²) in [4.78, 5) is 0. The summed E-state index contributed by atoms with van der Waals surface area (Å²) in [7, 11) is 1.57. The number of phenolic OH excluding ortho intramolecular Hbond substituents is 1. The molecule has 2 aromatic rings. The Bertz CT molecular complexity index is 959. The Morgan fingerprint density at radius 1 is 1.16 bits per heavy atom. The quantitative estimate of drug-likeness (QED) is 0.814. The maximum Gasteiger partial charge on any atom is 0.231 e. The number of benzene rings is 2. The molecule has 126 valence electrons. The van der Waals surface area contributed by atoms with E-state index in [-0.39, 0.29) is 12.5 Å². The summed E-state index contributed by atoms with van der Waals surface area (Å²) >= 11 is 0. The van der Waals surface area contributed by atoms with Gasteiger partial charge in [-0.05, 0) is 29.3 Å². The molecule has 5 rings (SSSR count). The lowest BCUT2D eigenvalue weighted by Gasteiger charge is -2.17. The number of fused-ring (bicyclic) bond motifs is 5. The van der Waals surface area contributed by atoms with Crippen molar-refractivity contribution in [3.8, 4) is 23.0 Å². The van der Waals surface area contributed by atoms with Crippen LogP contribution in [0.4, 0.5) is 0 Å². The van der Waals surface area contributed by atoms with E-state index in [1.54, 1.807) is 7.11 Å². The summed E-state index contributed by atoms with van der Waals surface area (Å²) in [6.45, 7) is 1.19. The van der Waals surface area contributed by atoms with Gasteiger partial charge in [-0.1, -0.05) is 6.07 Å². The summed E-state index contributed by atoms with van der Waals surface area (Å²) in [5.74, 6) is 2.35. The second-order valence-corrected chi connectivity index (χ2v) is 6.41. The van der Waals surface area contributed by atoms with Crippen molar-refractivity contribution in [3.05, 3.63) is 46.5 Å². The monoisotopic (exact) mass is 336 g/mol. The van der Waals surface area contributed by atoms with Gasteiger partial charge < -0.3 is 19.3 Å². The Morgan fingerprint density at radius 2 is 2.00 bits per heavy atom. The summed E-state index contributed by atoms with van der Waals surface area (Å²) < 4.78 is 18.6. The van der Waals surface area contributed by atoms with E-state index in [9.17, 15) is 5.11 Å². The van der Waals surface area contributed by atoms with E-state index in [0.717, 1.165) is 46.9 Å². The number of aromatic hydroxyl groups is 1. The highest BCUT2D eigenvalue weighted by Gasteiger charge is 2.31. The molecular weight excluding hydrogens is 318 g/mol. The summed E-state index contributed by atoms with van der Waals surface area (Å²) in [6.07, 6.45) is 5.90. The van der Waals surface area contributed by atoms with Gasteiger partial charge in [0.15, 0.2) is 29.5 Å². The van der Waals surface area contributed by atoms with Gasteiger partial charge >= 0.3 is 0 Å². The topological polar surface area (TPSA) is 50.9 Å². The van der Waals surface area contributed by atoms with Crippen LogP contribution in [0.1, 0.15) is 22.3 Å². The molecule has 0 radical (unpaired) electrons. The molecular formula is C20H18NO4+. The maximum atomic E-state index is 10.5. The second-order valence-electron chi connectivity index (χ2n) is 6.41. The Hall–Kier alpha value is -2.95. The average molecular weight is 336 g/mol. The van der Waals surface area contributed by atoms with E-state index in [4.69, 9.17) is 14.2 Å². The van der Waals surface area contributed by atoms with Crippen LogP contribution >= 0.6 is 0 Å². The smallest absolute Gasteiger partial charge is 0.231 e. The Kier molecular flexibility index (Phi) is 3.04. The van der Waals surface area contributed by atoms with Crippen LogP contribution < -0.4 is 14.2 Å². The van der Waals surface area contributed by atoms with Crippen LogP contribution in [0.3, 0.4) is 0 Å². The highest BCUT2D eigenvalue weighted by molar-refractivity contribution is 5.86. The molecule has 5 heteroatoms. The molecule has 3 heterocycles. The first kappa shape index (κ1) is 14.4. The zero-order chi connectivity index (χ0) is 17.0. The summed E-state index contributed by atoms with van der Waals surface area (Å²) in [5.41, 5.74) is 5.46. The van der Waals surface area contributed by atoms with Gasteiger partial charge in [0.1, 0.15) is 6.21 Å². The van der Waals surface area contributed by atoms with E-state index in [0.29, 0.717) is 12.2 Å². The first-order chi connectivity index (χ1) is 12.2. The predicted octanol–water partition coefficient (Wildman–Crippen LogP) is 2.82. The van der Waals surface area contributed by atoms with Gasteiger partial charge in [-0.25, -0.2) is 4.58 Å². The van der Waals surface area contributed by atoms with Gasteiger partial charge in [-0.2, -0.15) is 0 Å². The molecule has 25 heavy (non-hydrogen) atoms. The van der Waals surface area contributed by atoms with Gasteiger partial charge in [-0.3, -0.25) is 0 Å². The summed E-state index contributed by atoms with van der Waals surface area (Å²) in [6, 6.07) is 7.97. The standard InChI is InChI=1S/C20H17NO4/c1-23-17-3-2-12-8-16-15-10-19-18(24-11-25-19)9-13(15)4-6-21(16)7-5-14(12)20(17)22/h2-3,7-10H,4-6,11H2,1H3/p+1. The molecule has 0 saturated carbocycles.